The van der Waals surface area contributed by atoms with Gasteiger partial charge in [-0.2, -0.15) is 0 Å². The van der Waals surface area contributed by atoms with Gasteiger partial charge in [0.25, 0.3) is 0 Å². The third-order valence-corrected chi connectivity index (χ3v) is 8.92. The highest BCUT2D eigenvalue weighted by Gasteiger charge is 2.41. The van der Waals surface area contributed by atoms with E-state index in [9.17, 15) is 9.90 Å². The van der Waals surface area contributed by atoms with E-state index in [1.54, 1.807) is 0 Å². The van der Waals surface area contributed by atoms with Crippen molar-refractivity contribution in [1.29, 1.82) is 0 Å². The van der Waals surface area contributed by atoms with Crippen LogP contribution in [0.2, 0.25) is 18.1 Å². The van der Waals surface area contributed by atoms with Gasteiger partial charge < -0.3 is 19.0 Å². The van der Waals surface area contributed by atoms with E-state index in [1.807, 2.05) is 0 Å². The first-order valence-corrected chi connectivity index (χ1v) is 10.5. The Morgan fingerprint density at radius 1 is 1.29 bits per heavy atom. The Morgan fingerprint density at radius 3 is 2.33 bits per heavy atom. The molecular formula is C15H30O5Si. The van der Waals surface area contributed by atoms with Crippen LogP contribution < -0.4 is 0 Å². The third kappa shape index (κ3) is 5.69. The molecule has 1 fully saturated rings. The lowest BCUT2D eigenvalue weighted by atomic mass is 10.0. The van der Waals surface area contributed by atoms with Gasteiger partial charge in [0.2, 0.25) is 0 Å². The number of ether oxygens (including phenoxy) is 2. The minimum absolute atomic E-state index is 0.0338. The smallest absolute Gasteiger partial charge is 0.302 e. The fraction of sp³-hybridized carbons (Fsp3) is 0.933. The monoisotopic (exact) mass is 318 g/mol. The summed E-state index contributed by atoms with van der Waals surface area (Å²) in [5, 5.41) is 9.53. The van der Waals surface area contributed by atoms with E-state index in [4.69, 9.17) is 13.9 Å². The predicted molar refractivity (Wildman–Crippen MR) is 83.7 cm³/mol. The molecule has 0 aromatic carbocycles. The number of carbonyl (C=O) groups is 1. The molecule has 3 atom stereocenters. The van der Waals surface area contributed by atoms with Crippen LogP contribution in [0, 0.1) is 0 Å². The van der Waals surface area contributed by atoms with Gasteiger partial charge in [-0.05, 0) is 18.1 Å². The topological polar surface area (TPSA) is 65.0 Å². The van der Waals surface area contributed by atoms with E-state index in [0.717, 1.165) is 0 Å². The van der Waals surface area contributed by atoms with E-state index in [2.05, 4.69) is 33.9 Å². The molecule has 0 bridgehead atoms. The number of hydrogen-bond acceptors (Lipinski definition) is 5. The molecule has 1 saturated heterocycles. The second kappa shape index (κ2) is 7.22. The Kier molecular flexibility index (Phi) is 6.40. The largest absolute Gasteiger partial charge is 0.463 e. The predicted octanol–water partition coefficient (Wildman–Crippen LogP) is 2.48. The fourth-order valence-electron chi connectivity index (χ4n) is 2.19. The van der Waals surface area contributed by atoms with Crippen LogP contribution in [0.15, 0.2) is 0 Å². The number of aliphatic hydroxyl groups is 1. The van der Waals surface area contributed by atoms with Crippen molar-refractivity contribution < 1.29 is 23.8 Å². The maximum Gasteiger partial charge on any atom is 0.302 e. The summed E-state index contributed by atoms with van der Waals surface area (Å²) in [5.41, 5.74) is 0. The van der Waals surface area contributed by atoms with Crippen LogP contribution in [0.4, 0.5) is 0 Å². The number of carbonyl (C=O) groups excluding carboxylic acids is 1. The van der Waals surface area contributed by atoms with Crippen LogP contribution in [0.1, 0.15) is 40.5 Å². The maximum absolute atomic E-state index is 10.9. The molecule has 124 valence electrons. The highest BCUT2D eigenvalue weighted by molar-refractivity contribution is 6.74. The zero-order valence-corrected chi connectivity index (χ0v) is 15.1. The second-order valence-electron chi connectivity index (χ2n) is 7.34. The lowest BCUT2D eigenvalue weighted by Crippen LogP contribution is -2.49. The van der Waals surface area contributed by atoms with Crippen molar-refractivity contribution in [3.05, 3.63) is 0 Å². The molecule has 1 heterocycles. The van der Waals surface area contributed by atoms with Crippen LogP contribution in [0.3, 0.4) is 0 Å². The van der Waals surface area contributed by atoms with Crippen LogP contribution in [-0.2, 0) is 18.7 Å². The summed E-state index contributed by atoms with van der Waals surface area (Å²) in [4.78, 5) is 10.9. The summed E-state index contributed by atoms with van der Waals surface area (Å²) in [5.74, 6) is -0.313. The van der Waals surface area contributed by atoms with Crippen molar-refractivity contribution in [2.45, 2.75) is 77.0 Å². The van der Waals surface area contributed by atoms with E-state index in [1.165, 1.54) is 6.92 Å². The Bertz CT molecular complexity index is 350. The molecule has 0 radical (unpaired) electrons. The molecular weight excluding hydrogens is 288 g/mol. The molecule has 1 aliphatic heterocycles. The standard InChI is InChI=1S/C15H30O5Si/c1-11(17)18-10-14-8-12(7-13(9-16)19-14)20-21(5,6)15(2,3)4/h12-14,16H,7-10H2,1-6H3/t12-,13-,14+/m0/s1. The molecule has 1 rings (SSSR count). The van der Waals surface area contributed by atoms with Gasteiger partial charge in [-0.1, -0.05) is 20.8 Å². The van der Waals surface area contributed by atoms with E-state index >= 15 is 0 Å². The first kappa shape index (κ1) is 18.6. The lowest BCUT2D eigenvalue weighted by molar-refractivity contribution is -0.157. The van der Waals surface area contributed by atoms with Gasteiger partial charge in [-0.15, -0.1) is 0 Å². The summed E-state index contributed by atoms with van der Waals surface area (Å²) >= 11 is 0. The summed E-state index contributed by atoms with van der Waals surface area (Å²) < 4.78 is 17.2. The van der Waals surface area contributed by atoms with Gasteiger partial charge in [0.1, 0.15) is 6.61 Å². The highest BCUT2D eigenvalue weighted by atomic mass is 28.4. The zero-order valence-electron chi connectivity index (χ0n) is 14.1. The molecule has 1 N–H and O–H groups in total. The molecule has 21 heavy (non-hydrogen) atoms. The normalized spacial score (nSPS) is 27.5. The van der Waals surface area contributed by atoms with Crippen molar-refractivity contribution in [3.63, 3.8) is 0 Å². The first-order chi connectivity index (χ1) is 9.55. The number of rotatable bonds is 5. The zero-order chi connectivity index (χ0) is 16.3. The Balaban J connectivity index is 2.66. The first-order valence-electron chi connectivity index (χ1n) is 7.62. The Morgan fingerprint density at radius 2 is 1.86 bits per heavy atom. The molecule has 5 nitrogen and oxygen atoms in total. The van der Waals surface area contributed by atoms with Crippen molar-refractivity contribution in [1.82, 2.24) is 0 Å². The summed E-state index contributed by atoms with van der Waals surface area (Å²) in [7, 11) is -1.85. The van der Waals surface area contributed by atoms with Crippen molar-refractivity contribution in [2.75, 3.05) is 13.2 Å². The van der Waals surface area contributed by atoms with Gasteiger partial charge in [0.05, 0.1) is 24.9 Å². The molecule has 0 aliphatic carbocycles. The Labute approximate surface area is 129 Å². The quantitative estimate of drug-likeness (QED) is 0.623. The Hall–Kier alpha value is -0.433. The van der Waals surface area contributed by atoms with Gasteiger partial charge in [0, 0.05) is 19.8 Å². The van der Waals surface area contributed by atoms with Crippen LogP contribution in [-0.4, -0.2) is 50.9 Å². The number of esters is 1. The fourth-order valence-corrected chi connectivity index (χ4v) is 3.57. The van der Waals surface area contributed by atoms with E-state index < -0.39 is 8.32 Å². The highest BCUT2D eigenvalue weighted by Crippen LogP contribution is 2.39. The lowest BCUT2D eigenvalue weighted by Gasteiger charge is -2.43. The summed E-state index contributed by atoms with van der Waals surface area (Å²) in [6, 6.07) is 0. The molecule has 0 amide bonds. The maximum atomic E-state index is 10.9. The van der Waals surface area contributed by atoms with Gasteiger partial charge in [-0.25, -0.2) is 0 Å². The van der Waals surface area contributed by atoms with Crippen molar-refractivity contribution in [2.24, 2.45) is 0 Å². The number of hydrogen-bond donors (Lipinski definition) is 1. The number of aliphatic hydroxyl groups excluding tert-OH is 1. The third-order valence-electron chi connectivity index (χ3n) is 4.38. The minimum Gasteiger partial charge on any atom is -0.463 e. The van der Waals surface area contributed by atoms with Crippen LogP contribution >= 0.6 is 0 Å². The van der Waals surface area contributed by atoms with E-state index in [-0.39, 0.29) is 42.5 Å². The molecule has 0 saturated carbocycles. The molecule has 0 aromatic heterocycles. The SMILES string of the molecule is CC(=O)OC[C@H]1C[C@@H](O[Si](C)(C)C(C)(C)C)C[C@@H](CO)O1. The molecule has 1 aliphatic rings. The van der Waals surface area contributed by atoms with Crippen LogP contribution in [0.25, 0.3) is 0 Å². The average Bonchev–Trinajstić information content (AvgIpc) is 2.34. The molecule has 0 aromatic rings. The minimum atomic E-state index is -1.85. The summed E-state index contributed by atoms with van der Waals surface area (Å²) in [6.45, 7) is 12.6. The molecule has 6 heteroatoms. The van der Waals surface area contributed by atoms with Crippen molar-refractivity contribution in [3.8, 4) is 0 Å². The second-order valence-corrected chi connectivity index (χ2v) is 12.1. The van der Waals surface area contributed by atoms with E-state index in [0.29, 0.717) is 12.8 Å². The average molecular weight is 318 g/mol. The molecule has 0 spiro atoms. The van der Waals surface area contributed by atoms with Gasteiger partial charge >= 0.3 is 5.97 Å². The molecule has 0 unspecified atom stereocenters. The van der Waals surface area contributed by atoms with Crippen molar-refractivity contribution >= 4 is 14.3 Å². The van der Waals surface area contributed by atoms with Crippen LogP contribution in [0.5, 0.6) is 0 Å². The van der Waals surface area contributed by atoms with Gasteiger partial charge in [0.15, 0.2) is 8.32 Å². The van der Waals surface area contributed by atoms with Gasteiger partial charge in [-0.3, -0.25) is 4.79 Å². The summed E-state index contributed by atoms with van der Waals surface area (Å²) in [6.07, 6.45) is 1.01.